The van der Waals surface area contributed by atoms with Crippen molar-refractivity contribution in [3.8, 4) is 0 Å². The smallest absolute Gasteiger partial charge is 0.243 e. The average molecular weight is 457 g/mol. The fraction of sp³-hybridized carbons (Fsp3) is 0.826. The van der Waals surface area contributed by atoms with Crippen LogP contribution in [0.3, 0.4) is 0 Å². The topological polar surface area (TPSA) is 119 Å². The van der Waals surface area contributed by atoms with Crippen LogP contribution in [0.1, 0.15) is 65.7 Å². The molecule has 0 bridgehead atoms. The Hall–Kier alpha value is -2.00. The van der Waals surface area contributed by atoms with E-state index in [1.807, 2.05) is 19.0 Å². The number of Topliss-reactive ketones (excluding diaryl/α,β-unsaturated/α-hetero) is 1. The number of rotatable bonds is 17. The monoisotopic (exact) mass is 456 g/mol. The summed E-state index contributed by atoms with van der Waals surface area (Å²) in [5.41, 5.74) is 0. The summed E-state index contributed by atoms with van der Waals surface area (Å²) < 4.78 is 0. The molecule has 0 aromatic carbocycles. The highest BCUT2D eigenvalue weighted by molar-refractivity contribution is 5.93. The van der Waals surface area contributed by atoms with Gasteiger partial charge in [-0.15, -0.1) is 0 Å². The molecule has 9 heteroatoms. The number of aliphatic hydroxyl groups is 1. The van der Waals surface area contributed by atoms with Crippen molar-refractivity contribution in [2.24, 2.45) is 5.92 Å². The zero-order valence-electron chi connectivity index (χ0n) is 20.8. The van der Waals surface area contributed by atoms with Gasteiger partial charge in [-0.3, -0.25) is 19.2 Å². The molecule has 32 heavy (non-hydrogen) atoms. The Morgan fingerprint density at radius 2 is 1.62 bits per heavy atom. The van der Waals surface area contributed by atoms with Crippen LogP contribution < -0.4 is 10.6 Å². The van der Waals surface area contributed by atoms with Crippen molar-refractivity contribution in [2.75, 3.05) is 40.8 Å². The van der Waals surface area contributed by atoms with E-state index in [1.54, 1.807) is 0 Å². The van der Waals surface area contributed by atoms with Gasteiger partial charge in [0.1, 0.15) is 12.1 Å². The molecule has 3 amide bonds. The van der Waals surface area contributed by atoms with Crippen molar-refractivity contribution < 1.29 is 24.3 Å². The third-order valence-corrected chi connectivity index (χ3v) is 5.30. The quantitative estimate of drug-likeness (QED) is 0.280. The summed E-state index contributed by atoms with van der Waals surface area (Å²) in [6.45, 7) is 6.31. The van der Waals surface area contributed by atoms with Crippen LogP contribution in [0.15, 0.2) is 0 Å². The molecule has 3 N–H and O–H groups in total. The Kier molecular flexibility index (Phi) is 15.6. The van der Waals surface area contributed by atoms with Gasteiger partial charge in [-0.25, -0.2) is 0 Å². The van der Waals surface area contributed by atoms with Crippen LogP contribution in [0, 0.1) is 5.92 Å². The highest BCUT2D eigenvalue weighted by Crippen LogP contribution is 2.12. The second-order valence-corrected chi connectivity index (χ2v) is 9.08. The van der Waals surface area contributed by atoms with E-state index < -0.39 is 30.5 Å². The number of aliphatic hydroxyl groups excluding tert-OH is 1. The Balaban J connectivity index is 5.01. The van der Waals surface area contributed by atoms with E-state index in [0.717, 1.165) is 38.6 Å². The van der Waals surface area contributed by atoms with Gasteiger partial charge in [0, 0.05) is 20.0 Å². The first kappa shape index (κ1) is 30.0. The van der Waals surface area contributed by atoms with E-state index in [0.29, 0.717) is 18.9 Å². The number of carbonyl (C=O) groups is 4. The van der Waals surface area contributed by atoms with Crippen LogP contribution in [-0.2, 0) is 19.2 Å². The Morgan fingerprint density at radius 3 is 2.16 bits per heavy atom. The Bertz CT molecular complexity index is 595. The molecule has 0 spiro atoms. The van der Waals surface area contributed by atoms with Crippen LogP contribution >= 0.6 is 0 Å². The van der Waals surface area contributed by atoms with Gasteiger partial charge in [-0.1, -0.05) is 33.1 Å². The number of likely N-dealkylation sites (N-methyl/N-ethyl adjacent to an activating group) is 1. The highest BCUT2D eigenvalue weighted by atomic mass is 16.3. The lowest BCUT2D eigenvalue weighted by Gasteiger charge is -2.28. The zero-order chi connectivity index (χ0) is 24.7. The minimum atomic E-state index is -1.02. The summed E-state index contributed by atoms with van der Waals surface area (Å²) in [5.74, 6) is -0.912. The molecular weight excluding hydrogens is 412 g/mol. The predicted octanol–water partition coefficient (Wildman–Crippen LogP) is 0.944. The number of ketones is 1. The van der Waals surface area contributed by atoms with Crippen LogP contribution in [0.25, 0.3) is 0 Å². The maximum atomic E-state index is 12.8. The molecule has 0 fully saturated rings. The molecular formula is C23H44N4O5. The molecule has 0 aliphatic rings. The maximum Gasteiger partial charge on any atom is 0.243 e. The summed E-state index contributed by atoms with van der Waals surface area (Å²) in [5, 5.41) is 14.5. The van der Waals surface area contributed by atoms with E-state index in [-0.39, 0.29) is 18.1 Å². The highest BCUT2D eigenvalue weighted by Gasteiger charge is 2.30. The van der Waals surface area contributed by atoms with Gasteiger partial charge in [0.2, 0.25) is 17.7 Å². The summed E-state index contributed by atoms with van der Waals surface area (Å²) in [6, 6.07) is -2.00. The second kappa shape index (κ2) is 16.6. The molecule has 0 aromatic rings. The van der Waals surface area contributed by atoms with E-state index in [9.17, 15) is 24.3 Å². The van der Waals surface area contributed by atoms with Crippen molar-refractivity contribution in [3.63, 3.8) is 0 Å². The van der Waals surface area contributed by atoms with Crippen molar-refractivity contribution in [1.29, 1.82) is 0 Å². The van der Waals surface area contributed by atoms with Gasteiger partial charge in [-0.2, -0.15) is 0 Å². The summed E-state index contributed by atoms with van der Waals surface area (Å²) in [7, 11) is 5.41. The first-order chi connectivity index (χ1) is 15.0. The van der Waals surface area contributed by atoms with E-state index >= 15 is 0 Å². The van der Waals surface area contributed by atoms with Crippen LogP contribution in [-0.4, -0.2) is 91.3 Å². The van der Waals surface area contributed by atoms with Crippen LogP contribution in [0.2, 0.25) is 0 Å². The molecule has 0 unspecified atom stereocenters. The Morgan fingerprint density at radius 1 is 0.969 bits per heavy atom. The molecule has 2 atom stereocenters. The number of carbonyl (C=O) groups excluding carboxylic acids is 4. The lowest BCUT2D eigenvalue weighted by Crippen LogP contribution is -2.51. The molecule has 0 aliphatic heterocycles. The predicted molar refractivity (Wildman–Crippen MR) is 125 cm³/mol. The number of hydrogen-bond donors (Lipinski definition) is 3. The van der Waals surface area contributed by atoms with Gasteiger partial charge in [-0.05, 0) is 46.3 Å². The standard InChI is InChI=1S/C23H44N4O5/c1-17(2)11-8-7-9-12-22(31)27(6)20(23(32)24-13-10-14-26(4)5)15-21(30)25-19(16-28)18(3)29/h17,19-20,28H,7-16H2,1-6H3,(H,24,32)(H,25,30)/t19-,20-/m0/s1. The van der Waals surface area contributed by atoms with E-state index in [2.05, 4.69) is 24.5 Å². The second-order valence-electron chi connectivity index (χ2n) is 9.08. The number of hydrogen-bond acceptors (Lipinski definition) is 6. The summed E-state index contributed by atoms with van der Waals surface area (Å²) >= 11 is 0. The minimum Gasteiger partial charge on any atom is -0.394 e. The normalized spacial score (nSPS) is 13.0. The molecule has 0 rings (SSSR count). The van der Waals surface area contributed by atoms with Crippen molar-refractivity contribution in [2.45, 2.75) is 77.8 Å². The van der Waals surface area contributed by atoms with Crippen LogP contribution in [0.4, 0.5) is 0 Å². The fourth-order valence-electron chi connectivity index (χ4n) is 3.19. The van der Waals surface area contributed by atoms with E-state index in [1.165, 1.54) is 18.9 Å². The lowest BCUT2D eigenvalue weighted by atomic mass is 10.0. The van der Waals surface area contributed by atoms with Gasteiger partial charge >= 0.3 is 0 Å². The van der Waals surface area contributed by atoms with Crippen molar-refractivity contribution in [3.05, 3.63) is 0 Å². The zero-order valence-corrected chi connectivity index (χ0v) is 20.8. The molecule has 0 saturated heterocycles. The lowest BCUT2D eigenvalue weighted by molar-refractivity contribution is -0.141. The number of amides is 3. The molecule has 9 nitrogen and oxygen atoms in total. The molecule has 0 saturated carbocycles. The largest absolute Gasteiger partial charge is 0.394 e. The van der Waals surface area contributed by atoms with Crippen molar-refractivity contribution in [1.82, 2.24) is 20.4 Å². The first-order valence-corrected chi connectivity index (χ1v) is 11.6. The summed E-state index contributed by atoms with van der Waals surface area (Å²) in [4.78, 5) is 52.7. The van der Waals surface area contributed by atoms with E-state index in [4.69, 9.17) is 0 Å². The van der Waals surface area contributed by atoms with Gasteiger partial charge in [0.25, 0.3) is 0 Å². The summed E-state index contributed by atoms with van der Waals surface area (Å²) in [6.07, 6.45) is 4.62. The third-order valence-electron chi connectivity index (χ3n) is 5.30. The molecule has 0 radical (unpaired) electrons. The van der Waals surface area contributed by atoms with Crippen molar-refractivity contribution >= 4 is 23.5 Å². The van der Waals surface area contributed by atoms with Crippen LogP contribution in [0.5, 0.6) is 0 Å². The number of nitrogens with zero attached hydrogens (tertiary/aromatic N) is 2. The van der Waals surface area contributed by atoms with Gasteiger partial charge in [0.05, 0.1) is 13.0 Å². The molecule has 0 aliphatic carbocycles. The SMILES string of the molecule is CC(=O)[C@H](CO)NC(=O)C[C@@H](C(=O)NCCCN(C)C)N(C)C(=O)CCCCCC(C)C. The average Bonchev–Trinajstić information content (AvgIpc) is 2.71. The van der Waals surface area contributed by atoms with Gasteiger partial charge < -0.3 is 25.5 Å². The molecule has 186 valence electrons. The Labute approximate surface area is 193 Å². The molecule has 0 aromatic heterocycles. The fourth-order valence-corrected chi connectivity index (χ4v) is 3.19. The number of unbranched alkanes of at least 4 members (excludes halogenated alkanes) is 2. The third kappa shape index (κ3) is 13.4. The minimum absolute atomic E-state index is 0.193. The number of nitrogens with one attached hydrogen (secondary N) is 2. The molecule has 0 heterocycles. The first-order valence-electron chi connectivity index (χ1n) is 11.6. The van der Waals surface area contributed by atoms with Gasteiger partial charge in [0.15, 0.2) is 5.78 Å². The maximum absolute atomic E-state index is 12.8.